The third-order valence-corrected chi connectivity index (χ3v) is 9.28. The molecule has 0 aliphatic carbocycles. The van der Waals surface area contributed by atoms with E-state index in [9.17, 15) is 0 Å². The molecule has 226 valence electrons. The fraction of sp³-hybridized carbons (Fsp3) is 0.111. The average Bonchev–Trinajstić information content (AvgIpc) is 3.56. The summed E-state index contributed by atoms with van der Waals surface area (Å²) in [5.74, 6) is 0. The van der Waals surface area contributed by atoms with Crippen LogP contribution in [0.25, 0.3) is 50.2 Å². The molecule has 0 unspecified atom stereocenters. The zero-order valence-corrected chi connectivity index (χ0v) is 27.1. The number of benzene rings is 5. The van der Waals surface area contributed by atoms with Crippen molar-refractivity contribution in [3.05, 3.63) is 185 Å². The minimum absolute atomic E-state index is 0.899. The molecule has 47 heavy (non-hydrogen) atoms. The second kappa shape index (κ2) is 11.9. The molecule has 8 rings (SSSR count). The van der Waals surface area contributed by atoms with Crippen molar-refractivity contribution in [3.8, 4) is 11.4 Å². The van der Waals surface area contributed by atoms with Gasteiger partial charge >= 0.3 is 0 Å². The van der Waals surface area contributed by atoms with Gasteiger partial charge in [0.2, 0.25) is 0 Å². The van der Waals surface area contributed by atoms with Crippen LogP contribution in [0.3, 0.4) is 0 Å². The molecule has 0 saturated carbocycles. The Morgan fingerprint density at radius 3 is 2.09 bits per heavy atom. The first-order valence-corrected chi connectivity index (χ1v) is 16.4. The molecule has 2 aromatic heterocycles. The van der Waals surface area contributed by atoms with Crippen molar-refractivity contribution in [1.82, 2.24) is 9.13 Å². The summed E-state index contributed by atoms with van der Waals surface area (Å²) in [5, 5.41) is 3.58. The number of aromatic nitrogens is 2. The van der Waals surface area contributed by atoms with Crippen LogP contribution in [0.1, 0.15) is 40.4 Å². The molecule has 0 N–H and O–H groups in total. The number of allylic oxidation sites excluding steroid dienone is 1. The Kier molecular flexibility index (Phi) is 7.24. The van der Waals surface area contributed by atoms with Crippen molar-refractivity contribution in [2.45, 2.75) is 33.6 Å². The molecule has 0 saturated heterocycles. The van der Waals surface area contributed by atoms with Crippen LogP contribution in [0.2, 0.25) is 0 Å². The van der Waals surface area contributed by atoms with E-state index in [-0.39, 0.29) is 0 Å². The lowest BCUT2D eigenvalue weighted by molar-refractivity contribution is 1.04. The van der Waals surface area contributed by atoms with E-state index >= 15 is 0 Å². The summed E-state index contributed by atoms with van der Waals surface area (Å²) in [4.78, 5) is 0. The molecule has 0 aliphatic rings. The summed E-state index contributed by atoms with van der Waals surface area (Å²) >= 11 is 0. The van der Waals surface area contributed by atoms with Gasteiger partial charge in [-0.1, -0.05) is 109 Å². The molecule has 0 radical (unpaired) electrons. The fourth-order valence-corrected chi connectivity index (χ4v) is 7.23. The molecule has 2 nitrogen and oxygen atoms in total. The SMILES string of the molecule is C/C(=C\c1c(C)n(-c2cc(C)cc(-n3c4ccc#cc4c4cc(Cc5ccccc5)ccc43)c2)c2ccccc12)Cc1ccccc1. The summed E-state index contributed by atoms with van der Waals surface area (Å²) in [6, 6.07) is 54.8. The van der Waals surface area contributed by atoms with Crippen LogP contribution in [0.4, 0.5) is 0 Å². The monoisotopic (exact) mass is 604 g/mol. The van der Waals surface area contributed by atoms with Gasteiger partial charge in [0.05, 0.1) is 21.9 Å². The van der Waals surface area contributed by atoms with Crippen LogP contribution in [0, 0.1) is 26.0 Å². The van der Waals surface area contributed by atoms with Crippen LogP contribution in [0.15, 0.2) is 139 Å². The second-order valence-electron chi connectivity index (χ2n) is 12.7. The quantitative estimate of drug-likeness (QED) is 0.171. The van der Waals surface area contributed by atoms with Crippen molar-refractivity contribution in [2.75, 3.05) is 0 Å². The lowest BCUT2D eigenvalue weighted by Crippen LogP contribution is -2.01. The third kappa shape index (κ3) is 5.31. The highest BCUT2D eigenvalue weighted by Crippen LogP contribution is 2.36. The molecule has 0 amide bonds. The van der Waals surface area contributed by atoms with Crippen LogP contribution in [-0.2, 0) is 12.8 Å². The van der Waals surface area contributed by atoms with Gasteiger partial charge in [0.25, 0.3) is 0 Å². The van der Waals surface area contributed by atoms with Crippen molar-refractivity contribution >= 4 is 38.8 Å². The Morgan fingerprint density at radius 1 is 0.617 bits per heavy atom. The molecule has 2 heteroatoms. The number of nitrogens with zero attached hydrogens (tertiary/aromatic N) is 2. The van der Waals surface area contributed by atoms with Crippen LogP contribution in [-0.4, -0.2) is 9.13 Å². The standard InChI is InChI=1S/C45H36N2/c1-31(24-34-14-6-4-7-15-34)27-41-33(3)46(43-20-12-10-18-39(41)43)37-25-32(2)26-38(30-37)47-44-21-13-11-19-40(44)42-29-36(22-23-45(42)47)28-35-16-8-5-9-17-35/h4-10,12-18,20-23,25-27,29-30H,24,28H2,1-3H3/b31-27+. The molecular formula is C45H36N2. The number of fused-ring (bicyclic) bond motifs is 4. The number of hydrogen-bond donors (Lipinski definition) is 0. The minimum Gasteiger partial charge on any atom is -0.313 e. The molecule has 0 atom stereocenters. The summed E-state index contributed by atoms with van der Waals surface area (Å²) in [6.07, 6.45) is 4.21. The predicted molar refractivity (Wildman–Crippen MR) is 198 cm³/mol. The summed E-state index contributed by atoms with van der Waals surface area (Å²) in [5.41, 5.74) is 14.9. The first-order chi connectivity index (χ1) is 23.0. The maximum absolute atomic E-state index is 3.45. The molecule has 0 fully saturated rings. The third-order valence-electron chi connectivity index (χ3n) is 9.28. The van der Waals surface area contributed by atoms with E-state index in [4.69, 9.17) is 0 Å². The van der Waals surface area contributed by atoms with E-state index in [1.807, 2.05) is 6.07 Å². The predicted octanol–water partition coefficient (Wildman–Crippen LogP) is 11.2. The molecule has 6 aromatic carbocycles. The maximum Gasteiger partial charge on any atom is 0.0631 e. The van der Waals surface area contributed by atoms with Gasteiger partial charge in [-0.15, -0.1) is 0 Å². The average molecular weight is 605 g/mol. The van der Waals surface area contributed by atoms with Gasteiger partial charge in [0, 0.05) is 33.4 Å². The van der Waals surface area contributed by atoms with Crippen LogP contribution >= 0.6 is 0 Å². The Bertz CT molecular complexity index is 2420. The Morgan fingerprint density at radius 2 is 1.30 bits per heavy atom. The molecule has 0 aliphatic heterocycles. The normalized spacial score (nSPS) is 11.9. The molecule has 0 spiro atoms. The van der Waals surface area contributed by atoms with Crippen molar-refractivity contribution < 1.29 is 0 Å². The zero-order chi connectivity index (χ0) is 31.9. The number of hydrogen-bond acceptors (Lipinski definition) is 0. The van der Waals surface area contributed by atoms with E-state index in [2.05, 4.69) is 176 Å². The van der Waals surface area contributed by atoms with Crippen LogP contribution < -0.4 is 0 Å². The van der Waals surface area contributed by atoms with Gasteiger partial charge in [-0.25, -0.2) is 0 Å². The van der Waals surface area contributed by atoms with Gasteiger partial charge in [-0.05, 0) is 104 Å². The molecule has 2 heterocycles. The van der Waals surface area contributed by atoms with E-state index in [0.29, 0.717) is 0 Å². The first kappa shape index (κ1) is 28.7. The van der Waals surface area contributed by atoms with Crippen molar-refractivity contribution in [2.24, 2.45) is 0 Å². The Labute approximate surface area is 276 Å². The van der Waals surface area contributed by atoms with E-state index in [1.54, 1.807) is 0 Å². The van der Waals surface area contributed by atoms with Gasteiger partial charge in [0.15, 0.2) is 0 Å². The Hall–Kier alpha value is -5.78. The highest BCUT2D eigenvalue weighted by Gasteiger charge is 2.18. The summed E-state index contributed by atoms with van der Waals surface area (Å²) in [7, 11) is 0. The summed E-state index contributed by atoms with van der Waals surface area (Å²) < 4.78 is 4.82. The fourth-order valence-electron chi connectivity index (χ4n) is 7.23. The lowest BCUT2D eigenvalue weighted by atomic mass is 10.0. The van der Waals surface area contributed by atoms with Crippen LogP contribution in [0.5, 0.6) is 0 Å². The highest BCUT2D eigenvalue weighted by molar-refractivity contribution is 6.08. The maximum atomic E-state index is 3.45. The number of aryl methyl sites for hydroxylation is 1. The second-order valence-corrected chi connectivity index (χ2v) is 12.7. The van der Waals surface area contributed by atoms with E-state index in [0.717, 1.165) is 35.1 Å². The first-order valence-electron chi connectivity index (χ1n) is 16.4. The number of para-hydroxylation sites is 1. The number of rotatable bonds is 7. The van der Waals surface area contributed by atoms with Crippen molar-refractivity contribution in [3.63, 3.8) is 0 Å². The highest BCUT2D eigenvalue weighted by atomic mass is 15.0. The molecule has 8 aromatic rings. The van der Waals surface area contributed by atoms with Gasteiger partial charge in [-0.3, -0.25) is 0 Å². The topological polar surface area (TPSA) is 9.86 Å². The largest absolute Gasteiger partial charge is 0.313 e. The summed E-state index contributed by atoms with van der Waals surface area (Å²) in [6.45, 7) is 6.69. The van der Waals surface area contributed by atoms with Gasteiger partial charge < -0.3 is 9.13 Å². The molecular weight excluding hydrogens is 569 g/mol. The Balaban J connectivity index is 1.27. The van der Waals surface area contributed by atoms with Gasteiger partial charge in [0.1, 0.15) is 0 Å². The molecule has 0 bridgehead atoms. The van der Waals surface area contributed by atoms with Crippen molar-refractivity contribution in [1.29, 1.82) is 0 Å². The smallest absolute Gasteiger partial charge is 0.0631 e. The zero-order valence-electron chi connectivity index (χ0n) is 27.1. The minimum atomic E-state index is 0.899. The van der Waals surface area contributed by atoms with E-state index in [1.165, 1.54) is 60.9 Å². The van der Waals surface area contributed by atoms with E-state index < -0.39 is 0 Å². The lowest BCUT2D eigenvalue weighted by Gasteiger charge is -2.15. The van der Waals surface area contributed by atoms with Gasteiger partial charge in [-0.2, -0.15) is 0 Å².